The molecule has 0 spiro atoms. The average molecular weight is 395 g/mol. The Morgan fingerprint density at radius 2 is 1.00 bits per heavy atom. The first kappa shape index (κ1) is 19.9. The minimum atomic E-state index is 0.921. The van der Waals surface area contributed by atoms with Gasteiger partial charge in [-0.25, -0.2) is 0 Å². The van der Waals surface area contributed by atoms with E-state index in [2.05, 4.69) is 48.1 Å². The van der Waals surface area contributed by atoms with Crippen molar-refractivity contribution in [2.45, 2.75) is 39.5 Å². The molecule has 4 aromatic rings. The van der Waals surface area contributed by atoms with E-state index in [-0.39, 0.29) is 0 Å². The van der Waals surface area contributed by atoms with Crippen LogP contribution in [0.4, 0.5) is 0 Å². The summed E-state index contributed by atoms with van der Waals surface area (Å²) in [6.07, 6.45) is 7.96. The summed E-state index contributed by atoms with van der Waals surface area (Å²) in [5.74, 6) is 0. The molecule has 0 atom stereocenters. The molecule has 4 heteroatoms. The molecule has 0 aromatic carbocycles. The maximum atomic E-state index is 4.75. The van der Waals surface area contributed by atoms with E-state index >= 15 is 0 Å². The van der Waals surface area contributed by atoms with Gasteiger partial charge in [-0.3, -0.25) is 19.9 Å². The monoisotopic (exact) mass is 394 g/mol. The molecule has 0 aliphatic rings. The first-order valence-electron chi connectivity index (χ1n) is 10.5. The van der Waals surface area contributed by atoms with Crippen molar-refractivity contribution in [3.05, 3.63) is 95.6 Å². The van der Waals surface area contributed by atoms with Gasteiger partial charge in [-0.2, -0.15) is 0 Å². The first-order valence-corrected chi connectivity index (χ1v) is 10.5. The van der Waals surface area contributed by atoms with E-state index in [1.165, 1.54) is 11.1 Å². The Bertz CT molecular complexity index is 1020. The van der Waals surface area contributed by atoms with Gasteiger partial charge in [0.1, 0.15) is 0 Å². The van der Waals surface area contributed by atoms with Crippen molar-refractivity contribution >= 4 is 0 Å². The zero-order valence-corrected chi connectivity index (χ0v) is 17.5. The lowest BCUT2D eigenvalue weighted by Crippen LogP contribution is -1.98. The fourth-order valence-corrected chi connectivity index (χ4v) is 3.65. The zero-order valence-electron chi connectivity index (χ0n) is 17.5. The third-order valence-corrected chi connectivity index (χ3v) is 5.39. The van der Waals surface area contributed by atoms with E-state index in [9.17, 15) is 0 Å². The minimum absolute atomic E-state index is 0.921. The molecule has 0 aliphatic carbocycles. The van der Waals surface area contributed by atoms with Crippen LogP contribution < -0.4 is 0 Å². The topological polar surface area (TPSA) is 51.6 Å². The fraction of sp³-hybridized carbons (Fsp3) is 0.231. The number of nitrogens with zero attached hydrogens (tertiary/aromatic N) is 4. The number of unbranched alkanes of at least 4 members (excludes halogenated alkanes) is 1. The molecule has 0 N–H and O–H groups in total. The van der Waals surface area contributed by atoms with E-state index in [0.717, 1.165) is 59.8 Å². The molecule has 4 aromatic heterocycles. The molecule has 4 heterocycles. The lowest BCUT2D eigenvalue weighted by atomic mass is 10.0. The average Bonchev–Trinajstić information content (AvgIpc) is 2.79. The molecule has 0 bridgehead atoms. The van der Waals surface area contributed by atoms with E-state index in [4.69, 9.17) is 9.97 Å². The van der Waals surface area contributed by atoms with Gasteiger partial charge in [-0.15, -0.1) is 0 Å². The lowest BCUT2D eigenvalue weighted by Gasteiger charge is -2.09. The molecule has 4 rings (SSSR count). The van der Waals surface area contributed by atoms with Crippen molar-refractivity contribution in [1.82, 2.24) is 19.9 Å². The highest BCUT2D eigenvalue weighted by molar-refractivity contribution is 5.55. The number of hydrogen-bond donors (Lipinski definition) is 0. The summed E-state index contributed by atoms with van der Waals surface area (Å²) in [7, 11) is 0. The Kier molecular flexibility index (Phi) is 6.23. The predicted molar refractivity (Wildman–Crippen MR) is 121 cm³/mol. The van der Waals surface area contributed by atoms with Crippen LogP contribution in [0.15, 0.2) is 73.1 Å². The van der Waals surface area contributed by atoms with Crippen LogP contribution in [-0.2, 0) is 12.8 Å². The molecule has 4 nitrogen and oxygen atoms in total. The van der Waals surface area contributed by atoms with Crippen LogP contribution in [0.3, 0.4) is 0 Å². The van der Waals surface area contributed by atoms with E-state index < -0.39 is 0 Å². The molecule has 0 amide bonds. The van der Waals surface area contributed by atoms with Crippen LogP contribution >= 0.6 is 0 Å². The summed E-state index contributed by atoms with van der Waals surface area (Å²) in [6.45, 7) is 4.18. The van der Waals surface area contributed by atoms with Gasteiger partial charge >= 0.3 is 0 Å². The normalized spacial score (nSPS) is 10.9. The maximum absolute atomic E-state index is 4.75. The molecule has 0 aliphatic heterocycles. The van der Waals surface area contributed by atoms with Crippen LogP contribution in [-0.4, -0.2) is 19.9 Å². The van der Waals surface area contributed by atoms with Gasteiger partial charge in [0.05, 0.1) is 22.8 Å². The predicted octanol–water partition coefficient (Wildman–Crippen LogP) is 5.78. The Balaban J connectivity index is 1.33. The van der Waals surface area contributed by atoms with Crippen molar-refractivity contribution in [3.63, 3.8) is 0 Å². The van der Waals surface area contributed by atoms with Crippen LogP contribution in [0, 0.1) is 13.8 Å². The van der Waals surface area contributed by atoms with Gasteiger partial charge in [0.2, 0.25) is 0 Å². The van der Waals surface area contributed by atoms with Crippen LogP contribution in [0.2, 0.25) is 0 Å². The van der Waals surface area contributed by atoms with Gasteiger partial charge in [0, 0.05) is 23.8 Å². The van der Waals surface area contributed by atoms with Crippen LogP contribution in [0.25, 0.3) is 22.8 Å². The number of aryl methyl sites for hydroxylation is 4. The first-order chi connectivity index (χ1) is 14.7. The van der Waals surface area contributed by atoms with E-state index in [1.807, 2.05) is 36.4 Å². The van der Waals surface area contributed by atoms with Crippen molar-refractivity contribution in [3.8, 4) is 22.8 Å². The number of pyridine rings is 4. The smallest absolute Gasteiger partial charge is 0.0889 e. The van der Waals surface area contributed by atoms with Gasteiger partial charge < -0.3 is 0 Å². The second-order valence-electron chi connectivity index (χ2n) is 7.52. The second kappa shape index (κ2) is 9.40. The summed E-state index contributed by atoms with van der Waals surface area (Å²) in [6, 6.07) is 20.4. The van der Waals surface area contributed by atoms with Crippen molar-refractivity contribution < 1.29 is 0 Å². The largest absolute Gasteiger partial charge is 0.255 e. The van der Waals surface area contributed by atoms with Gasteiger partial charge in [0.15, 0.2) is 0 Å². The summed E-state index contributed by atoms with van der Waals surface area (Å²) >= 11 is 0. The van der Waals surface area contributed by atoms with E-state index in [0.29, 0.717) is 0 Å². The van der Waals surface area contributed by atoms with Crippen molar-refractivity contribution in [2.75, 3.05) is 0 Å². The van der Waals surface area contributed by atoms with Crippen LogP contribution in [0.5, 0.6) is 0 Å². The molecular weight excluding hydrogens is 368 g/mol. The summed E-state index contributed by atoms with van der Waals surface area (Å²) in [5.41, 5.74) is 8.53. The maximum Gasteiger partial charge on any atom is 0.0889 e. The van der Waals surface area contributed by atoms with Gasteiger partial charge in [-0.05, 0) is 87.1 Å². The second-order valence-corrected chi connectivity index (χ2v) is 7.52. The van der Waals surface area contributed by atoms with Gasteiger partial charge in [-0.1, -0.05) is 24.3 Å². The standard InChI is InChI=1S/C26H26N4/c1-19-21(13-15-25(29-19)23-11-5-7-17-27-23)9-3-4-10-22-14-16-26(30-20(22)2)24-12-6-8-18-28-24/h5-8,11-18H,3-4,9-10H2,1-2H3. The SMILES string of the molecule is Cc1nc(-c2ccccn2)ccc1CCCCc1ccc(-c2ccccn2)nc1C. The fourth-order valence-electron chi connectivity index (χ4n) is 3.65. The Hall–Kier alpha value is -3.40. The highest BCUT2D eigenvalue weighted by Crippen LogP contribution is 2.20. The molecular formula is C26H26N4. The Morgan fingerprint density at radius 3 is 1.37 bits per heavy atom. The molecule has 0 unspecified atom stereocenters. The summed E-state index contributed by atoms with van der Waals surface area (Å²) in [5, 5.41) is 0. The summed E-state index contributed by atoms with van der Waals surface area (Å²) in [4.78, 5) is 18.3. The lowest BCUT2D eigenvalue weighted by molar-refractivity contribution is 0.725. The van der Waals surface area contributed by atoms with Crippen molar-refractivity contribution in [1.29, 1.82) is 0 Å². The third kappa shape index (κ3) is 4.77. The van der Waals surface area contributed by atoms with Crippen LogP contribution in [0.1, 0.15) is 35.4 Å². The molecule has 0 fully saturated rings. The quantitative estimate of drug-likeness (QED) is 0.373. The number of aromatic nitrogens is 4. The molecule has 0 radical (unpaired) electrons. The van der Waals surface area contributed by atoms with Crippen molar-refractivity contribution in [2.24, 2.45) is 0 Å². The van der Waals surface area contributed by atoms with E-state index in [1.54, 1.807) is 12.4 Å². The Morgan fingerprint density at radius 1 is 0.533 bits per heavy atom. The molecule has 150 valence electrons. The number of hydrogen-bond acceptors (Lipinski definition) is 4. The third-order valence-electron chi connectivity index (χ3n) is 5.39. The zero-order chi connectivity index (χ0) is 20.8. The highest BCUT2D eigenvalue weighted by atomic mass is 14.8. The van der Waals surface area contributed by atoms with Gasteiger partial charge in [0.25, 0.3) is 0 Å². The minimum Gasteiger partial charge on any atom is -0.255 e. The highest BCUT2D eigenvalue weighted by Gasteiger charge is 2.07. The molecule has 0 saturated heterocycles. The molecule has 0 saturated carbocycles. The number of rotatable bonds is 7. The Labute approximate surface area is 178 Å². The summed E-state index contributed by atoms with van der Waals surface area (Å²) < 4.78 is 0. The molecule has 30 heavy (non-hydrogen) atoms.